The van der Waals surface area contributed by atoms with Crippen LogP contribution in [0.2, 0.25) is 10.0 Å². The number of nitrogens with two attached hydrogens (primary N) is 1. The zero-order valence-corrected chi connectivity index (χ0v) is 17.9. The monoisotopic (exact) mass is 425 g/mol. The van der Waals surface area contributed by atoms with Crippen LogP contribution in [0.5, 0.6) is 17.2 Å². The number of methoxy groups -OCH3 is 3. The Morgan fingerprint density at radius 1 is 1.07 bits per heavy atom. The molecular formula is C20H25Cl2N3O3. The smallest absolute Gasteiger partial charge is 0.203 e. The van der Waals surface area contributed by atoms with Gasteiger partial charge in [0.25, 0.3) is 0 Å². The van der Waals surface area contributed by atoms with Crippen LogP contribution in [-0.4, -0.2) is 33.8 Å². The number of nitrogens with zero attached hydrogens (tertiary/aromatic N) is 1. The Morgan fingerprint density at radius 3 is 2.39 bits per heavy atom. The van der Waals surface area contributed by atoms with E-state index in [4.69, 9.17) is 43.1 Å². The normalized spacial score (nSPS) is 12.4. The second-order valence-electron chi connectivity index (χ2n) is 6.04. The number of aliphatic imine (C=N–C) groups is 1. The van der Waals surface area contributed by atoms with Gasteiger partial charge in [-0.25, -0.2) is 0 Å². The maximum atomic E-state index is 6.24. The van der Waals surface area contributed by atoms with Crippen LogP contribution in [0.4, 0.5) is 0 Å². The van der Waals surface area contributed by atoms with Crippen LogP contribution in [0.15, 0.2) is 35.3 Å². The number of nitrogens with one attached hydrogen (secondary N) is 1. The van der Waals surface area contributed by atoms with Crippen molar-refractivity contribution in [3.8, 4) is 17.2 Å². The third-order valence-corrected chi connectivity index (χ3v) is 4.80. The molecule has 28 heavy (non-hydrogen) atoms. The van der Waals surface area contributed by atoms with Crippen molar-refractivity contribution in [2.24, 2.45) is 10.7 Å². The molecule has 0 bridgehead atoms. The van der Waals surface area contributed by atoms with Crippen LogP contribution in [0, 0.1) is 0 Å². The summed E-state index contributed by atoms with van der Waals surface area (Å²) in [4.78, 5) is 4.39. The minimum Gasteiger partial charge on any atom is -0.493 e. The second kappa shape index (κ2) is 10.3. The summed E-state index contributed by atoms with van der Waals surface area (Å²) in [5.74, 6) is 2.13. The summed E-state index contributed by atoms with van der Waals surface area (Å²) in [6.07, 6.45) is 0.627. The van der Waals surface area contributed by atoms with Crippen LogP contribution in [0.1, 0.15) is 24.1 Å². The Hall–Kier alpha value is -2.31. The van der Waals surface area contributed by atoms with Gasteiger partial charge in [-0.1, -0.05) is 35.3 Å². The fraction of sp³-hybridized carbons (Fsp3) is 0.350. The Bertz CT molecular complexity index is 844. The molecule has 0 saturated carbocycles. The molecule has 0 heterocycles. The van der Waals surface area contributed by atoms with Gasteiger partial charge in [0.2, 0.25) is 5.75 Å². The summed E-state index contributed by atoms with van der Waals surface area (Å²) in [5, 5.41) is 4.30. The molecule has 0 spiro atoms. The number of halogens is 2. The molecule has 2 aromatic rings. The van der Waals surface area contributed by atoms with E-state index in [0.717, 1.165) is 11.1 Å². The summed E-state index contributed by atoms with van der Waals surface area (Å²) < 4.78 is 16.2. The highest BCUT2D eigenvalue weighted by Gasteiger charge is 2.15. The molecule has 0 saturated heterocycles. The van der Waals surface area contributed by atoms with Crippen molar-refractivity contribution in [1.82, 2.24) is 5.32 Å². The average Bonchev–Trinajstić information content (AvgIpc) is 2.66. The zero-order valence-electron chi connectivity index (χ0n) is 16.4. The van der Waals surface area contributed by atoms with E-state index in [2.05, 4.69) is 10.3 Å². The third kappa shape index (κ3) is 5.36. The second-order valence-corrected chi connectivity index (χ2v) is 6.89. The average molecular weight is 426 g/mol. The minimum absolute atomic E-state index is 0.107. The molecule has 0 aliphatic rings. The number of benzene rings is 2. The maximum Gasteiger partial charge on any atom is 0.203 e. The van der Waals surface area contributed by atoms with E-state index in [-0.39, 0.29) is 6.04 Å². The van der Waals surface area contributed by atoms with Gasteiger partial charge in [0.15, 0.2) is 17.5 Å². The molecule has 2 aromatic carbocycles. The lowest BCUT2D eigenvalue weighted by atomic mass is 10.1. The number of hydrogen-bond acceptors (Lipinski definition) is 4. The summed E-state index contributed by atoms with van der Waals surface area (Å²) in [5.41, 5.74) is 7.87. The largest absolute Gasteiger partial charge is 0.493 e. The Labute approximate surface area is 175 Å². The van der Waals surface area contributed by atoms with Gasteiger partial charge in [-0.3, -0.25) is 4.99 Å². The van der Waals surface area contributed by atoms with Gasteiger partial charge < -0.3 is 25.3 Å². The lowest BCUT2D eigenvalue weighted by molar-refractivity contribution is 0.322. The molecule has 1 unspecified atom stereocenters. The Morgan fingerprint density at radius 2 is 1.79 bits per heavy atom. The van der Waals surface area contributed by atoms with E-state index in [1.54, 1.807) is 33.5 Å². The van der Waals surface area contributed by atoms with Gasteiger partial charge in [-0.15, -0.1) is 0 Å². The molecule has 2 rings (SSSR count). The van der Waals surface area contributed by atoms with Gasteiger partial charge in [-0.2, -0.15) is 0 Å². The molecule has 0 aliphatic carbocycles. The number of ether oxygens (including phenoxy) is 3. The fourth-order valence-electron chi connectivity index (χ4n) is 2.85. The van der Waals surface area contributed by atoms with E-state index in [0.29, 0.717) is 46.2 Å². The third-order valence-electron chi connectivity index (χ3n) is 4.24. The van der Waals surface area contributed by atoms with Crippen LogP contribution in [-0.2, 0) is 6.42 Å². The maximum absolute atomic E-state index is 6.24. The zero-order chi connectivity index (χ0) is 20.7. The standard InChI is InChI=1S/C20H25Cl2N3O3/c1-12(15-7-6-14(21)11-16(15)22)25-20(23)24-10-9-13-5-8-17(26-2)19(28-4)18(13)27-3/h5-8,11-12H,9-10H2,1-4H3,(H3,23,24,25). The molecule has 0 radical (unpaired) electrons. The van der Waals surface area contributed by atoms with Gasteiger partial charge >= 0.3 is 0 Å². The number of hydrogen-bond donors (Lipinski definition) is 2. The van der Waals surface area contributed by atoms with Gasteiger partial charge in [0.1, 0.15) is 0 Å². The lowest BCUT2D eigenvalue weighted by Crippen LogP contribution is -2.34. The van der Waals surface area contributed by atoms with Crippen molar-refractivity contribution >= 4 is 29.2 Å². The van der Waals surface area contributed by atoms with Gasteiger partial charge in [0, 0.05) is 22.2 Å². The molecule has 0 fully saturated rings. The first kappa shape index (κ1) is 22.0. The molecule has 0 aromatic heterocycles. The van der Waals surface area contributed by atoms with Crippen LogP contribution in [0.3, 0.4) is 0 Å². The molecule has 0 amide bonds. The SMILES string of the molecule is COc1ccc(CCN=C(N)NC(C)c2ccc(Cl)cc2Cl)c(OC)c1OC. The van der Waals surface area contributed by atoms with E-state index in [1.807, 2.05) is 25.1 Å². The predicted molar refractivity (Wildman–Crippen MR) is 114 cm³/mol. The van der Waals surface area contributed by atoms with E-state index < -0.39 is 0 Å². The summed E-state index contributed by atoms with van der Waals surface area (Å²) in [6, 6.07) is 9.01. The van der Waals surface area contributed by atoms with Crippen LogP contribution < -0.4 is 25.3 Å². The van der Waals surface area contributed by atoms with Crippen LogP contribution >= 0.6 is 23.2 Å². The Kier molecular flexibility index (Phi) is 8.08. The van der Waals surface area contributed by atoms with Gasteiger partial charge in [0.05, 0.1) is 27.4 Å². The lowest BCUT2D eigenvalue weighted by Gasteiger charge is -2.17. The summed E-state index contributed by atoms with van der Waals surface area (Å²) >= 11 is 12.2. The molecule has 1 atom stereocenters. The number of guanidine groups is 1. The van der Waals surface area contributed by atoms with Crippen LogP contribution in [0.25, 0.3) is 0 Å². The molecule has 8 heteroatoms. The topological polar surface area (TPSA) is 78.1 Å². The molecular weight excluding hydrogens is 401 g/mol. The highest BCUT2D eigenvalue weighted by atomic mass is 35.5. The summed E-state index contributed by atoms with van der Waals surface area (Å²) in [7, 11) is 4.76. The van der Waals surface area contributed by atoms with Crippen molar-refractivity contribution in [3.63, 3.8) is 0 Å². The number of rotatable bonds is 8. The van der Waals surface area contributed by atoms with Crippen molar-refractivity contribution in [2.75, 3.05) is 27.9 Å². The van der Waals surface area contributed by atoms with Crippen molar-refractivity contribution in [3.05, 3.63) is 51.5 Å². The highest BCUT2D eigenvalue weighted by Crippen LogP contribution is 2.39. The molecule has 3 N–H and O–H groups in total. The quantitative estimate of drug-likeness (QED) is 0.488. The van der Waals surface area contributed by atoms with E-state index in [1.165, 1.54) is 0 Å². The fourth-order valence-corrected chi connectivity index (χ4v) is 3.43. The first-order valence-electron chi connectivity index (χ1n) is 8.70. The Balaban J connectivity index is 2.04. The molecule has 0 aliphatic heterocycles. The molecule has 6 nitrogen and oxygen atoms in total. The first-order chi connectivity index (χ1) is 13.4. The first-order valence-corrected chi connectivity index (χ1v) is 9.46. The predicted octanol–water partition coefficient (Wildman–Crippen LogP) is 4.23. The van der Waals surface area contributed by atoms with Crippen molar-refractivity contribution in [1.29, 1.82) is 0 Å². The molecule has 152 valence electrons. The van der Waals surface area contributed by atoms with E-state index >= 15 is 0 Å². The minimum atomic E-state index is -0.107. The summed E-state index contributed by atoms with van der Waals surface area (Å²) in [6.45, 7) is 2.43. The highest BCUT2D eigenvalue weighted by molar-refractivity contribution is 6.35. The van der Waals surface area contributed by atoms with Crippen molar-refractivity contribution < 1.29 is 14.2 Å². The van der Waals surface area contributed by atoms with Crippen molar-refractivity contribution in [2.45, 2.75) is 19.4 Å². The van der Waals surface area contributed by atoms with Gasteiger partial charge in [-0.05, 0) is 37.1 Å². The van der Waals surface area contributed by atoms with E-state index in [9.17, 15) is 0 Å².